The number of rotatable bonds is 2. The van der Waals surface area contributed by atoms with E-state index in [-0.39, 0.29) is 0 Å². The van der Waals surface area contributed by atoms with Crippen LogP contribution in [0.1, 0.15) is 0 Å². The highest BCUT2D eigenvalue weighted by Gasteiger charge is 2.10. The third-order valence-corrected chi connectivity index (χ3v) is 1.70. The van der Waals surface area contributed by atoms with Crippen LogP contribution >= 0.6 is 0 Å². The first kappa shape index (κ1) is 12.7. The Morgan fingerprint density at radius 2 is 2.00 bits per heavy atom. The van der Waals surface area contributed by atoms with Crippen LogP contribution in [-0.4, -0.2) is 38.4 Å². The van der Waals surface area contributed by atoms with Crippen molar-refractivity contribution >= 4 is 16.5 Å². The topological polar surface area (TPSA) is 87.8 Å². The van der Waals surface area contributed by atoms with Crippen molar-refractivity contribution in [3.05, 3.63) is 18.4 Å². The molecule has 0 saturated carbocycles. The molecule has 1 N–H and O–H groups in total. The van der Waals surface area contributed by atoms with E-state index >= 15 is 0 Å². The van der Waals surface area contributed by atoms with Gasteiger partial charge in [0, 0.05) is 14.1 Å². The molecule has 0 aliphatic carbocycles. The lowest BCUT2D eigenvalue weighted by Crippen LogP contribution is -2.06. The zero-order chi connectivity index (χ0) is 11.2. The number of furan rings is 1. The molecule has 0 unspecified atom stereocenters. The molecule has 1 aromatic rings. The van der Waals surface area contributed by atoms with Gasteiger partial charge < -0.3 is 9.32 Å². The highest BCUT2D eigenvalue weighted by atomic mass is 32.2. The van der Waals surface area contributed by atoms with Gasteiger partial charge in [-0.2, -0.15) is 8.42 Å². The average molecular weight is 221 g/mol. The minimum absolute atomic E-state index is 0.428. The van der Waals surface area contributed by atoms with E-state index in [2.05, 4.69) is 4.42 Å². The molecule has 80 valence electrons. The Bertz CT molecular complexity index is 353. The molecule has 0 atom stereocenters. The molecular weight excluding hydrogens is 210 g/mol. The summed E-state index contributed by atoms with van der Waals surface area (Å²) in [6.07, 6.45) is 1.92. The Balaban J connectivity index is 0.000000292. The van der Waals surface area contributed by atoms with Crippen molar-refractivity contribution in [2.24, 2.45) is 0 Å². The molecule has 1 heterocycles. The molecule has 0 spiro atoms. The maximum atomic E-state index is 10.2. The molecule has 0 aromatic carbocycles. The predicted molar refractivity (Wildman–Crippen MR) is 48.3 cm³/mol. The van der Waals surface area contributed by atoms with Crippen LogP contribution in [0.2, 0.25) is 0 Å². The first-order valence-corrected chi connectivity index (χ1v) is 4.94. The molecule has 0 fully saturated rings. The number of hydrogen-bond donors (Lipinski definition) is 1. The van der Waals surface area contributed by atoms with Crippen LogP contribution in [0.5, 0.6) is 0 Å². The van der Waals surface area contributed by atoms with Crippen LogP contribution in [0.3, 0.4) is 0 Å². The van der Waals surface area contributed by atoms with Gasteiger partial charge in [-0.25, -0.2) is 0 Å². The summed E-state index contributed by atoms with van der Waals surface area (Å²) in [5, 5.41) is -0.428. The van der Waals surface area contributed by atoms with E-state index in [1.54, 1.807) is 14.1 Å². The fourth-order valence-electron chi connectivity index (χ4n) is 0.410. The lowest BCUT2D eigenvalue weighted by Gasteiger charge is -1.93. The summed E-state index contributed by atoms with van der Waals surface area (Å²) >= 11 is 0. The van der Waals surface area contributed by atoms with Gasteiger partial charge in [0.2, 0.25) is 11.5 Å². The third kappa shape index (κ3) is 5.33. The normalized spacial score (nSPS) is 9.93. The van der Waals surface area contributed by atoms with Crippen molar-refractivity contribution < 1.29 is 22.2 Å². The molecule has 0 saturated heterocycles. The van der Waals surface area contributed by atoms with E-state index in [0.717, 1.165) is 12.5 Å². The summed E-state index contributed by atoms with van der Waals surface area (Å²) in [6.45, 7) is 0. The molecule has 0 aliphatic rings. The lowest BCUT2D eigenvalue weighted by atomic mass is 10.7. The van der Waals surface area contributed by atoms with E-state index in [1.807, 2.05) is 0 Å². The minimum Gasteiger partial charge on any atom is -0.451 e. The first-order valence-electron chi connectivity index (χ1n) is 3.50. The van der Waals surface area contributed by atoms with E-state index in [1.165, 1.54) is 17.2 Å². The summed E-state index contributed by atoms with van der Waals surface area (Å²) in [5.41, 5.74) is 0. The van der Waals surface area contributed by atoms with Gasteiger partial charge in [0.15, 0.2) is 0 Å². The van der Waals surface area contributed by atoms with Crippen LogP contribution in [0.25, 0.3) is 0 Å². The molecule has 1 aromatic heterocycles. The molecule has 0 bridgehead atoms. The number of nitrogens with zero attached hydrogens (tertiary/aromatic N) is 1. The summed E-state index contributed by atoms with van der Waals surface area (Å²) in [4.78, 5) is 10.9. The fourth-order valence-corrected chi connectivity index (χ4v) is 0.838. The molecule has 0 radical (unpaired) electrons. The molecule has 6 nitrogen and oxygen atoms in total. The molecule has 1 amide bonds. The molecular formula is C7H11NO5S. The lowest BCUT2D eigenvalue weighted by molar-refractivity contribution is -0.115. The quantitative estimate of drug-likeness (QED) is 0.570. The average Bonchev–Trinajstić information content (AvgIpc) is 2.56. The molecule has 7 heteroatoms. The summed E-state index contributed by atoms with van der Waals surface area (Å²) in [7, 11) is -0.751. The van der Waals surface area contributed by atoms with Gasteiger partial charge in [0.25, 0.3) is 0 Å². The second-order valence-electron chi connectivity index (χ2n) is 2.48. The predicted octanol–water partition coefficient (Wildman–Crippen LogP) is 0.231. The van der Waals surface area contributed by atoms with Crippen molar-refractivity contribution in [1.82, 2.24) is 4.90 Å². The highest BCUT2D eigenvalue weighted by Crippen LogP contribution is 2.06. The van der Waals surface area contributed by atoms with Crippen molar-refractivity contribution in [2.45, 2.75) is 5.09 Å². The van der Waals surface area contributed by atoms with Gasteiger partial charge in [-0.1, -0.05) is 0 Å². The number of hydrogen-bond acceptors (Lipinski definition) is 4. The Kier molecular flexibility index (Phi) is 4.89. The summed E-state index contributed by atoms with van der Waals surface area (Å²) in [6, 6.07) is 2.54. The van der Waals surface area contributed by atoms with Crippen molar-refractivity contribution in [1.29, 1.82) is 0 Å². The van der Waals surface area contributed by atoms with Gasteiger partial charge in [-0.05, 0) is 12.1 Å². The molecule has 14 heavy (non-hydrogen) atoms. The highest BCUT2D eigenvalue weighted by molar-refractivity contribution is 7.85. The van der Waals surface area contributed by atoms with Gasteiger partial charge in [-0.15, -0.1) is 0 Å². The Morgan fingerprint density at radius 1 is 1.50 bits per heavy atom. The molecule has 0 aliphatic heterocycles. The van der Waals surface area contributed by atoms with E-state index in [0.29, 0.717) is 0 Å². The van der Waals surface area contributed by atoms with Crippen LogP contribution in [0, 0.1) is 0 Å². The zero-order valence-electron chi connectivity index (χ0n) is 7.75. The van der Waals surface area contributed by atoms with Crippen LogP contribution in [0.4, 0.5) is 0 Å². The van der Waals surface area contributed by atoms with E-state index in [4.69, 9.17) is 4.55 Å². The Morgan fingerprint density at radius 3 is 2.14 bits per heavy atom. The van der Waals surface area contributed by atoms with Gasteiger partial charge >= 0.3 is 10.1 Å². The minimum atomic E-state index is -4.13. The standard InChI is InChI=1S/C4H4O4S.C3H7NO/c5-9(6,7)4-2-1-3-8-4;1-4(2)3-5/h1-3H,(H,5,6,7);3H,1-2H3. The number of carbonyl (C=O) groups is 1. The first-order chi connectivity index (χ1) is 6.38. The zero-order valence-corrected chi connectivity index (χ0v) is 8.56. The SMILES string of the molecule is CN(C)C=O.O=S(=O)(O)c1ccco1. The fraction of sp³-hybridized carbons (Fsp3) is 0.286. The maximum absolute atomic E-state index is 10.2. The largest absolute Gasteiger partial charge is 0.451 e. The summed E-state index contributed by atoms with van der Waals surface area (Å²) in [5.74, 6) is 0. The number of amides is 1. The van der Waals surface area contributed by atoms with Crippen molar-refractivity contribution in [2.75, 3.05) is 14.1 Å². The monoisotopic (exact) mass is 221 g/mol. The second-order valence-corrected chi connectivity index (χ2v) is 3.83. The third-order valence-electron chi connectivity index (χ3n) is 0.960. The van der Waals surface area contributed by atoms with Gasteiger partial charge in [0.1, 0.15) is 0 Å². The van der Waals surface area contributed by atoms with E-state index in [9.17, 15) is 13.2 Å². The number of carbonyl (C=O) groups excluding carboxylic acids is 1. The van der Waals surface area contributed by atoms with Gasteiger partial charge in [-0.3, -0.25) is 9.35 Å². The van der Waals surface area contributed by atoms with Crippen LogP contribution in [-0.2, 0) is 14.9 Å². The van der Waals surface area contributed by atoms with Crippen molar-refractivity contribution in [3.63, 3.8) is 0 Å². The van der Waals surface area contributed by atoms with Crippen LogP contribution in [0.15, 0.2) is 27.9 Å². The Hall–Kier alpha value is -1.34. The molecule has 1 rings (SSSR count). The smallest absolute Gasteiger partial charge is 0.328 e. The summed E-state index contributed by atoms with van der Waals surface area (Å²) < 4.78 is 32.9. The van der Waals surface area contributed by atoms with Crippen LogP contribution < -0.4 is 0 Å². The second kappa shape index (κ2) is 5.40. The Labute approximate surface area is 81.9 Å². The van der Waals surface area contributed by atoms with Gasteiger partial charge in [0.05, 0.1) is 6.26 Å². The van der Waals surface area contributed by atoms with E-state index < -0.39 is 15.2 Å². The maximum Gasteiger partial charge on any atom is 0.328 e. The van der Waals surface area contributed by atoms with Crippen molar-refractivity contribution in [3.8, 4) is 0 Å².